The molecule has 154 valence electrons. The molecule has 1 fully saturated rings. The van der Waals surface area contributed by atoms with Gasteiger partial charge >= 0.3 is 0 Å². The number of ether oxygens (including phenoxy) is 2. The van der Waals surface area contributed by atoms with Crippen molar-refractivity contribution in [2.75, 3.05) is 13.2 Å². The van der Waals surface area contributed by atoms with E-state index < -0.39 is 26.3 Å². The maximum Gasteiger partial charge on any atom is 0.261 e. The van der Waals surface area contributed by atoms with Crippen molar-refractivity contribution in [3.63, 3.8) is 0 Å². The lowest BCUT2D eigenvalue weighted by atomic mass is 10.1. The van der Waals surface area contributed by atoms with Gasteiger partial charge in [0.2, 0.25) is 0 Å². The molecule has 2 atom stereocenters. The minimum absolute atomic E-state index is 0.0197. The van der Waals surface area contributed by atoms with Crippen molar-refractivity contribution in [2.24, 2.45) is 0 Å². The van der Waals surface area contributed by atoms with E-state index in [4.69, 9.17) is 13.9 Å². The van der Waals surface area contributed by atoms with E-state index in [1.54, 1.807) is 24.3 Å². The Balaban J connectivity index is 1.90. The highest BCUT2D eigenvalue weighted by Gasteiger charge is 2.48. The van der Waals surface area contributed by atoms with E-state index in [2.05, 4.69) is 33.9 Å². The predicted octanol–water partition coefficient (Wildman–Crippen LogP) is 3.82. The topological polar surface area (TPSA) is 65.1 Å². The normalized spacial score (nSPS) is 23.2. The SMILES string of the molecule is CC1(C)OC[C@@H]([C@@H](CO[Si](C)(C)C(C)(C)C)N2C(=O)c3ccccc3C2=O)O1. The molecule has 0 spiro atoms. The number of benzene rings is 1. The van der Waals surface area contributed by atoms with E-state index in [-0.39, 0.29) is 23.5 Å². The van der Waals surface area contributed by atoms with Crippen molar-refractivity contribution in [3.05, 3.63) is 35.4 Å². The van der Waals surface area contributed by atoms with Crippen LogP contribution in [0.4, 0.5) is 0 Å². The van der Waals surface area contributed by atoms with Gasteiger partial charge in [-0.3, -0.25) is 14.5 Å². The Hall–Kier alpha value is -1.54. The summed E-state index contributed by atoms with van der Waals surface area (Å²) in [4.78, 5) is 27.4. The third kappa shape index (κ3) is 3.81. The number of amides is 2. The molecule has 0 unspecified atom stereocenters. The summed E-state index contributed by atoms with van der Waals surface area (Å²) in [5.41, 5.74) is 0.867. The molecule has 0 saturated carbocycles. The second-order valence-corrected chi connectivity index (χ2v) is 14.3. The predicted molar refractivity (Wildman–Crippen MR) is 109 cm³/mol. The summed E-state index contributed by atoms with van der Waals surface area (Å²) in [5.74, 6) is -1.34. The van der Waals surface area contributed by atoms with Crippen molar-refractivity contribution in [1.29, 1.82) is 0 Å². The van der Waals surface area contributed by atoms with Crippen LogP contribution in [0.5, 0.6) is 0 Å². The summed E-state index contributed by atoms with van der Waals surface area (Å²) in [6.45, 7) is 15.0. The fourth-order valence-corrected chi connectivity index (χ4v) is 4.29. The van der Waals surface area contributed by atoms with Crippen molar-refractivity contribution < 1.29 is 23.5 Å². The van der Waals surface area contributed by atoms with Gasteiger partial charge < -0.3 is 13.9 Å². The minimum atomic E-state index is -2.07. The van der Waals surface area contributed by atoms with Crippen LogP contribution in [0, 0.1) is 0 Å². The number of nitrogens with zero attached hydrogens (tertiary/aromatic N) is 1. The highest BCUT2D eigenvalue weighted by Crippen LogP contribution is 2.38. The van der Waals surface area contributed by atoms with Crippen molar-refractivity contribution in [3.8, 4) is 0 Å². The second kappa shape index (κ2) is 7.06. The summed E-state index contributed by atoms with van der Waals surface area (Å²) in [6, 6.07) is 6.39. The number of hydrogen-bond acceptors (Lipinski definition) is 5. The van der Waals surface area contributed by atoms with E-state index in [0.29, 0.717) is 17.7 Å². The molecular formula is C21H31NO5Si. The molecule has 1 aromatic rings. The summed E-state index contributed by atoms with van der Waals surface area (Å²) in [6.07, 6.45) is -0.429. The average molecular weight is 406 g/mol. The van der Waals surface area contributed by atoms with Crippen LogP contribution in [0.1, 0.15) is 55.3 Å². The molecule has 0 aliphatic carbocycles. The molecule has 0 radical (unpaired) electrons. The van der Waals surface area contributed by atoms with Gasteiger partial charge in [-0.05, 0) is 44.1 Å². The minimum Gasteiger partial charge on any atom is -0.415 e. The molecule has 3 rings (SSSR count). The summed E-state index contributed by atoms with van der Waals surface area (Å²) < 4.78 is 18.2. The van der Waals surface area contributed by atoms with Crippen LogP contribution >= 0.6 is 0 Å². The zero-order valence-electron chi connectivity index (χ0n) is 17.9. The van der Waals surface area contributed by atoms with Gasteiger partial charge in [-0.1, -0.05) is 32.9 Å². The molecule has 0 N–H and O–H groups in total. The van der Waals surface area contributed by atoms with E-state index in [9.17, 15) is 9.59 Å². The lowest BCUT2D eigenvalue weighted by molar-refractivity contribution is -0.145. The quantitative estimate of drug-likeness (QED) is 0.550. The number of carbonyl (C=O) groups excluding carboxylic acids is 2. The summed E-state index contributed by atoms with van der Waals surface area (Å²) >= 11 is 0. The third-order valence-electron chi connectivity index (χ3n) is 6.04. The molecule has 6 nitrogen and oxygen atoms in total. The smallest absolute Gasteiger partial charge is 0.261 e. The number of imide groups is 1. The monoisotopic (exact) mass is 405 g/mol. The van der Waals surface area contributed by atoms with Gasteiger partial charge in [0.05, 0.1) is 30.4 Å². The zero-order chi connectivity index (χ0) is 20.9. The molecule has 2 aliphatic heterocycles. The lowest BCUT2D eigenvalue weighted by Gasteiger charge is -2.39. The molecule has 7 heteroatoms. The molecular weight excluding hydrogens is 374 g/mol. The molecule has 0 bridgehead atoms. The van der Waals surface area contributed by atoms with Crippen LogP contribution < -0.4 is 0 Å². The zero-order valence-corrected chi connectivity index (χ0v) is 18.9. The Labute approximate surface area is 168 Å². The van der Waals surface area contributed by atoms with E-state index in [0.717, 1.165) is 0 Å². The van der Waals surface area contributed by atoms with Crippen LogP contribution in [0.2, 0.25) is 18.1 Å². The van der Waals surface area contributed by atoms with Crippen LogP contribution in [-0.4, -0.2) is 56.2 Å². The van der Waals surface area contributed by atoms with Crippen LogP contribution in [-0.2, 0) is 13.9 Å². The number of fused-ring (bicyclic) bond motifs is 1. The van der Waals surface area contributed by atoms with Gasteiger partial charge in [0.1, 0.15) is 6.10 Å². The van der Waals surface area contributed by atoms with Crippen LogP contribution in [0.3, 0.4) is 0 Å². The van der Waals surface area contributed by atoms with Gasteiger partial charge in [0, 0.05) is 0 Å². The van der Waals surface area contributed by atoms with Crippen molar-refractivity contribution in [1.82, 2.24) is 4.90 Å². The first-order valence-electron chi connectivity index (χ1n) is 9.77. The van der Waals surface area contributed by atoms with Gasteiger partial charge in [-0.15, -0.1) is 0 Å². The molecule has 0 aromatic heterocycles. The number of carbonyl (C=O) groups is 2. The molecule has 2 aliphatic rings. The van der Waals surface area contributed by atoms with E-state index in [1.165, 1.54) is 4.90 Å². The Morgan fingerprint density at radius 2 is 1.71 bits per heavy atom. The Morgan fingerprint density at radius 3 is 2.14 bits per heavy atom. The standard InChI is InChI=1S/C21H31NO5Si/c1-20(2,3)28(6,7)26-12-16(17-13-25-21(4,5)27-17)22-18(23)14-10-8-9-11-15(14)19(22)24/h8-11,16-17H,12-13H2,1-7H3/t16-,17+/m1/s1. The Bertz CT molecular complexity index is 748. The highest BCUT2D eigenvalue weighted by molar-refractivity contribution is 6.74. The number of hydrogen-bond donors (Lipinski definition) is 0. The lowest BCUT2D eigenvalue weighted by Crippen LogP contribution is -2.53. The maximum absolute atomic E-state index is 13.1. The Kier molecular flexibility index (Phi) is 5.33. The molecule has 2 amide bonds. The average Bonchev–Trinajstić information content (AvgIpc) is 3.07. The van der Waals surface area contributed by atoms with E-state index in [1.807, 2.05) is 13.8 Å². The maximum atomic E-state index is 13.1. The summed E-state index contributed by atoms with van der Waals surface area (Å²) in [5, 5.41) is 0.0197. The number of rotatable bonds is 5. The molecule has 1 saturated heterocycles. The first kappa shape index (κ1) is 21.2. The van der Waals surface area contributed by atoms with Crippen molar-refractivity contribution >= 4 is 20.1 Å². The third-order valence-corrected chi connectivity index (χ3v) is 10.5. The van der Waals surface area contributed by atoms with Crippen LogP contribution in [0.25, 0.3) is 0 Å². The van der Waals surface area contributed by atoms with Crippen LogP contribution in [0.15, 0.2) is 24.3 Å². The fraction of sp³-hybridized carbons (Fsp3) is 0.619. The Morgan fingerprint density at radius 1 is 1.18 bits per heavy atom. The first-order chi connectivity index (χ1) is 12.8. The highest BCUT2D eigenvalue weighted by atomic mass is 28.4. The van der Waals surface area contributed by atoms with Gasteiger partial charge in [-0.2, -0.15) is 0 Å². The largest absolute Gasteiger partial charge is 0.415 e. The van der Waals surface area contributed by atoms with Gasteiger partial charge in [-0.25, -0.2) is 0 Å². The fourth-order valence-electron chi connectivity index (χ4n) is 3.27. The molecule has 1 aromatic carbocycles. The van der Waals surface area contributed by atoms with Gasteiger partial charge in [0.25, 0.3) is 11.8 Å². The van der Waals surface area contributed by atoms with E-state index >= 15 is 0 Å². The summed E-state index contributed by atoms with van der Waals surface area (Å²) in [7, 11) is -2.07. The first-order valence-corrected chi connectivity index (χ1v) is 12.7. The second-order valence-electron chi connectivity index (χ2n) is 9.53. The molecule has 2 heterocycles. The van der Waals surface area contributed by atoms with Gasteiger partial charge in [0.15, 0.2) is 14.1 Å². The van der Waals surface area contributed by atoms with Crippen molar-refractivity contribution in [2.45, 2.75) is 70.7 Å². The molecule has 28 heavy (non-hydrogen) atoms.